The number of hydrogen-bond donors (Lipinski definition) is 0. The number of carbonyl (C=O) groups is 2. The molecule has 3 heteroatoms. The Morgan fingerprint density at radius 2 is 1.68 bits per heavy atom. The molecule has 0 aromatic carbocycles. The zero-order valence-corrected chi connectivity index (χ0v) is 14.1. The van der Waals surface area contributed by atoms with Crippen LogP contribution in [-0.2, 0) is 14.3 Å². The normalized spacial score (nSPS) is 23.1. The molecule has 22 heavy (non-hydrogen) atoms. The van der Waals surface area contributed by atoms with E-state index in [-0.39, 0.29) is 11.9 Å². The third-order valence-corrected chi connectivity index (χ3v) is 4.31. The number of Topliss-reactive ketones (excluding diaryl/α,β-unsaturated/α-hetero) is 1. The van der Waals surface area contributed by atoms with Crippen molar-refractivity contribution in [2.75, 3.05) is 6.61 Å². The highest BCUT2D eigenvalue weighted by molar-refractivity contribution is 5.79. The second-order valence-electron chi connectivity index (χ2n) is 6.27. The van der Waals surface area contributed by atoms with E-state index in [1.807, 2.05) is 19.1 Å². The SMILES string of the molecule is CCOC(=O)C1CC=CCC(=O)CCCCCCCCCC1. The van der Waals surface area contributed by atoms with Gasteiger partial charge in [-0.2, -0.15) is 0 Å². The zero-order valence-electron chi connectivity index (χ0n) is 14.1. The fraction of sp³-hybridized carbons (Fsp3) is 0.789. The first-order chi connectivity index (χ1) is 10.7. The van der Waals surface area contributed by atoms with Crippen LogP contribution in [0.25, 0.3) is 0 Å². The molecule has 126 valence electrons. The molecule has 0 aromatic rings. The molecule has 3 nitrogen and oxygen atoms in total. The molecule has 1 rings (SSSR count). The van der Waals surface area contributed by atoms with Crippen LogP contribution in [0.1, 0.15) is 84.0 Å². The summed E-state index contributed by atoms with van der Waals surface area (Å²) in [5, 5.41) is 0. The summed E-state index contributed by atoms with van der Waals surface area (Å²) in [7, 11) is 0. The number of ether oxygens (including phenoxy) is 1. The Labute approximate surface area is 135 Å². The first-order valence-corrected chi connectivity index (χ1v) is 9.07. The number of carbonyl (C=O) groups excluding carboxylic acids is 2. The van der Waals surface area contributed by atoms with Gasteiger partial charge in [-0.15, -0.1) is 0 Å². The van der Waals surface area contributed by atoms with Gasteiger partial charge < -0.3 is 4.74 Å². The third kappa shape index (κ3) is 9.01. The molecule has 0 saturated heterocycles. The fourth-order valence-corrected chi connectivity index (χ4v) is 2.94. The Kier molecular flexibility index (Phi) is 10.7. The first kappa shape index (κ1) is 18.9. The van der Waals surface area contributed by atoms with Gasteiger partial charge in [-0.1, -0.05) is 57.1 Å². The molecule has 0 heterocycles. The Morgan fingerprint density at radius 3 is 2.36 bits per heavy atom. The lowest BCUT2D eigenvalue weighted by atomic mass is 9.96. The summed E-state index contributed by atoms with van der Waals surface area (Å²) in [6, 6.07) is 0. The molecule has 0 amide bonds. The van der Waals surface area contributed by atoms with Gasteiger partial charge >= 0.3 is 5.97 Å². The summed E-state index contributed by atoms with van der Waals surface area (Å²) in [6.45, 7) is 2.29. The summed E-state index contributed by atoms with van der Waals surface area (Å²) in [5.74, 6) is 0.190. The second-order valence-corrected chi connectivity index (χ2v) is 6.27. The first-order valence-electron chi connectivity index (χ1n) is 9.07. The monoisotopic (exact) mass is 308 g/mol. The molecule has 0 spiro atoms. The van der Waals surface area contributed by atoms with E-state index in [0.29, 0.717) is 31.7 Å². The van der Waals surface area contributed by atoms with Crippen LogP contribution in [0.5, 0.6) is 0 Å². The highest BCUT2D eigenvalue weighted by atomic mass is 16.5. The lowest BCUT2D eigenvalue weighted by Gasteiger charge is -2.13. The van der Waals surface area contributed by atoms with Crippen LogP contribution >= 0.6 is 0 Å². The maximum Gasteiger partial charge on any atom is 0.309 e. The smallest absolute Gasteiger partial charge is 0.309 e. The topological polar surface area (TPSA) is 43.4 Å². The van der Waals surface area contributed by atoms with Gasteiger partial charge in [0.1, 0.15) is 5.78 Å². The molecular weight excluding hydrogens is 276 g/mol. The van der Waals surface area contributed by atoms with E-state index in [0.717, 1.165) is 19.3 Å². The molecule has 1 atom stereocenters. The minimum atomic E-state index is -0.0837. The molecule has 0 bridgehead atoms. The molecule has 1 unspecified atom stereocenters. The van der Waals surface area contributed by atoms with Gasteiger partial charge in [-0.3, -0.25) is 9.59 Å². The lowest BCUT2D eigenvalue weighted by molar-refractivity contribution is -0.148. The van der Waals surface area contributed by atoms with Crippen molar-refractivity contribution in [2.45, 2.75) is 84.0 Å². The van der Waals surface area contributed by atoms with Crippen LogP contribution in [0.3, 0.4) is 0 Å². The van der Waals surface area contributed by atoms with Crippen LogP contribution in [0.2, 0.25) is 0 Å². The Bertz CT molecular complexity index is 347. The third-order valence-electron chi connectivity index (χ3n) is 4.31. The number of allylic oxidation sites excluding steroid dienone is 2. The summed E-state index contributed by atoms with van der Waals surface area (Å²) >= 11 is 0. The standard InChI is InChI=1S/C19H32O3/c1-2-22-19(21)17-13-9-7-5-3-4-6-8-10-15-18(20)16-12-11-14-17/h11-12,17H,2-10,13-16H2,1H3. The minimum absolute atomic E-state index is 0.0424. The van der Waals surface area contributed by atoms with Gasteiger partial charge in [0.25, 0.3) is 0 Å². The quantitative estimate of drug-likeness (QED) is 0.533. The average Bonchev–Trinajstić information content (AvgIpc) is 2.50. The van der Waals surface area contributed by atoms with Crippen LogP contribution in [-0.4, -0.2) is 18.4 Å². The van der Waals surface area contributed by atoms with Crippen molar-refractivity contribution in [1.29, 1.82) is 0 Å². The summed E-state index contributed by atoms with van der Waals surface area (Å²) in [4.78, 5) is 23.7. The molecule has 0 aliphatic heterocycles. The van der Waals surface area contributed by atoms with Crippen molar-refractivity contribution in [3.63, 3.8) is 0 Å². The predicted octanol–water partition coefficient (Wildman–Crippen LogP) is 4.99. The van der Waals surface area contributed by atoms with E-state index >= 15 is 0 Å². The summed E-state index contributed by atoms with van der Waals surface area (Å²) in [5.41, 5.74) is 0. The average molecular weight is 308 g/mol. The van der Waals surface area contributed by atoms with Gasteiger partial charge in [-0.05, 0) is 26.2 Å². The number of ketones is 1. The predicted molar refractivity (Wildman–Crippen MR) is 89.7 cm³/mol. The molecule has 1 aliphatic rings. The Hall–Kier alpha value is -1.12. The number of esters is 1. The highest BCUT2D eigenvalue weighted by Crippen LogP contribution is 2.19. The highest BCUT2D eigenvalue weighted by Gasteiger charge is 2.17. The van der Waals surface area contributed by atoms with E-state index in [1.165, 1.54) is 38.5 Å². The van der Waals surface area contributed by atoms with Crippen molar-refractivity contribution in [3.8, 4) is 0 Å². The van der Waals surface area contributed by atoms with Crippen LogP contribution in [0, 0.1) is 5.92 Å². The van der Waals surface area contributed by atoms with Crippen LogP contribution < -0.4 is 0 Å². The second kappa shape index (κ2) is 12.4. The zero-order chi connectivity index (χ0) is 16.0. The maximum absolute atomic E-state index is 12.0. The molecule has 0 fully saturated rings. The van der Waals surface area contributed by atoms with Gasteiger partial charge in [0, 0.05) is 12.8 Å². The van der Waals surface area contributed by atoms with Gasteiger partial charge in [-0.25, -0.2) is 0 Å². The fourth-order valence-electron chi connectivity index (χ4n) is 2.94. The van der Waals surface area contributed by atoms with Crippen LogP contribution in [0.4, 0.5) is 0 Å². The van der Waals surface area contributed by atoms with Gasteiger partial charge in [0.05, 0.1) is 12.5 Å². The number of hydrogen-bond acceptors (Lipinski definition) is 3. The van der Waals surface area contributed by atoms with E-state index in [9.17, 15) is 9.59 Å². The Morgan fingerprint density at radius 1 is 1.05 bits per heavy atom. The summed E-state index contributed by atoms with van der Waals surface area (Å²) < 4.78 is 5.17. The van der Waals surface area contributed by atoms with E-state index in [4.69, 9.17) is 4.74 Å². The van der Waals surface area contributed by atoms with Crippen LogP contribution in [0.15, 0.2) is 12.2 Å². The largest absolute Gasteiger partial charge is 0.466 e. The maximum atomic E-state index is 12.0. The van der Waals surface area contributed by atoms with Gasteiger partial charge in [0.15, 0.2) is 0 Å². The molecule has 0 radical (unpaired) electrons. The Balaban J connectivity index is 2.50. The van der Waals surface area contributed by atoms with Crippen molar-refractivity contribution in [3.05, 3.63) is 12.2 Å². The summed E-state index contributed by atoms with van der Waals surface area (Å²) in [6.07, 6.45) is 16.3. The van der Waals surface area contributed by atoms with E-state index < -0.39 is 0 Å². The van der Waals surface area contributed by atoms with E-state index in [1.54, 1.807) is 0 Å². The van der Waals surface area contributed by atoms with Gasteiger partial charge in [0.2, 0.25) is 0 Å². The van der Waals surface area contributed by atoms with Crippen molar-refractivity contribution < 1.29 is 14.3 Å². The van der Waals surface area contributed by atoms with Crippen molar-refractivity contribution in [1.82, 2.24) is 0 Å². The molecular formula is C19H32O3. The van der Waals surface area contributed by atoms with E-state index in [2.05, 4.69) is 0 Å². The number of rotatable bonds is 2. The van der Waals surface area contributed by atoms with Crippen molar-refractivity contribution in [2.24, 2.45) is 5.92 Å². The van der Waals surface area contributed by atoms with Crippen molar-refractivity contribution >= 4 is 11.8 Å². The molecule has 0 N–H and O–H groups in total. The molecule has 0 saturated carbocycles. The molecule has 0 aromatic heterocycles. The minimum Gasteiger partial charge on any atom is -0.466 e. The molecule has 1 aliphatic carbocycles. The lowest BCUT2D eigenvalue weighted by Crippen LogP contribution is -2.17.